The predicted molar refractivity (Wildman–Crippen MR) is 86.9 cm³/mol. The highest BCUT2D eigenvalue weighted by atomic mass is 35.5. The molecule has 2 heterocycles. The summed E-state index contributed by atoms with van der Waals surface area (Å²) in [6.45, 7) is 7.05. The molecule has 4 nitrogen and oxygen atoms in total. The Hall–Kier alpha value is -1.33. The fourth-order valence-corrected chi connectivity index (χ4v) is 2.92. The number of nitrogens with zero attached hydrogens (tertiary/aromatic N) is 2. The maximum Gasteiger partial charge on any atom is 0.132 e. The van der Waals surface area contributed by atoms with Crippen molar-refractivity contribution in [3.8, 4) is 0 Å². The molecule has 108 valence electrons. The van der Waals surface area contributed by atoms with Gasteiger partial charge in [-0.2, -0.15) is 0 Å². The molecule has 0 fully saturated rings. The first-order chi connectivity index (χ1) is 9.62. The Morgan fingerprint density at radius 2 is 2.00 bits per heavy atom. The van der Waals surface area contributed by atoms with E-state index in [2.05, 4.69) is 41.4 Å². The molecule has 6 heteroatoms. The third-order valence-electron chi connectivity index (χ3n) is 2.83. The summed E-state index contributed by atoms with van der Waals surface area (Å²) in [4.78, 5) is 10.2. The standard InChI is InChI=1S/C14H19ClN4S/c1-4-12-18-13(16-5-2)8-14(19-12)17-9(3)10-6-7-11(15)20-10/h6-9H,4-5H2,1-3H3,(H2,16,17,18,19). The number of halogens is 1. The molecule has 20 heavy (non-hydrogen) atoms. The molecule has 0 aromatic carbocycles. The molecule has 0 saturated heterocycles. The van der Waals surface area contributed by atoms with Gasteiger partial charge in [0.05, 0.1) is 10.4 Å². The first-order valence-corrected chi connectivity index (χ1v) is 7.95. The smallest absolute Gasteiger partial charge is 0.132 e. The minimum Gasteiger partial charge on any atom is -0.370 e. The number of nitrogens with one attached hydrogen (secondary N) is 2. The second kappa shape index (κ2) is 6.90. The topological polar surface area (TPSA) is 49.8 Å². The van der Waals surface area contributed by atoms with E-state index in [-0.39, 0.29) is 6.04 Å². The Morgan fingerprint density at radius 1 is 1.25 bits per heavy atom. The van der Waals surface area contributed by atoms with Crippen LogP contribution in [0, 0.1) is 0 Å². The average molecular weight is 311 g/mol. The second-order valence-electron chi connectivity index (χ2n) is 4.45. The molecule has 2 rings (SSSR count). The molecular weight excluding hydrogens is 292 g/mol. The highest BCUT2D eigenvalue weighted by Gasteiger charge is 2.10. The van der Waals surface area contributed by atoms with Crippen LogP contribution in [-0.4, -0.2) is 16.5 Å². The first-order valence-electron chi connectivity index (χ1n) is 6.76. The van der Waals surface area contributed by atoms with Crippen molar-refractivity contribution >= 4 is 34.6 Å². The van der Waals surface area contributed by atoms with E-state index < -0.39 is 0 Å². The van der Waals surface area contributed by atoms with Gasteiger partial charge in [-0.05, 0) is 26.0 Å². The van der Waals surface area contributed by atoms with Crippen LogP contribution in [0.25, 0.3) is 0 Å². The van der Waals surface area contributed by atoms with Gasteiger partial charge in [-0.1, -0.05) is 18.5 Å². The average Bonchev–Trinajstić information content (AvgIpc) is 2.85. The third-order valence-corrected chi connectivity index (χ3v) is 4.25. The van der Waals surface area contributed by atoms with Crippen LogP contribution in [0.5, 0.6) is 0 Å². The number of anilines is 2. The van der Waals surface area contributed by atoms with E-state index in [0.717, 1.165) is 34.8 Å². The van der Waals surface area contributed by atoms with Gasteiger partial charge in [-0.25, -0.2) is 9.97 Å². The molecule has 0 saturated carbocycles. The van der Waals surface area contributed by atoms with Crippen molar-refractivity contribution in [3.05, 3.63) is 33.2 Å². The first kappa shape index (κ1) is 15.1. The second-order valence-corrected chi connectivity index (χ2v) is 6.19. The summed E-state index contributed by atoms with van der Waals surface area (Å²) in [5.41, 5.74) is 0. The number of hydrogen-bond acceptors (Lipinski definition) is 5. The fraction of sp³-hybridized carbons (Fsp3) is 0.429. The van der Waals surface area contributed by atoms with E-state index in [9.17, 15) is 0 Å². The lowest BCUT2D eigenvalue weighted by molar-refractivity contribution is 0.872. The minimum atomic E-state index is 0.168. The summed E-state index contributed by atoms with van der Waals surface area (Å²) in [6, 6.07) is 6.06. The van der Waals surface area contributed by atoms with E-state index >= 15 is 0 Å². The lowest BCUT2D eigenvalue weighted by Crippen LogP contribution is -2.10. The van der Waals surface area contributed by atoms with E-state index in [0.29, 0.717) is 0 Å². The SMILES string of the molecule is CCNc1cc(NC(C)c2ccc(Cl)s2)nc(CC)n1. The van der Waals surface area contributed by atoms with Crippen molar-refractivity contribution in [3.63, 3.8) is 0 Å². The molecule has 0 spiro atoms. The zero-order valence-corrected chi connectivity index (χ0v) is 13.5. The van der Waals surface area contributed by atoms with E-state index in [4.69, 9.17) is 11.6 Å². The Bertz CT molecular complexity index is 570. The zero-order valence-electron chi connectivity index (χ0n) is 11.9. The van der Waals surface area contributed by atoms with E-state index in [1.165, 1.54) is 4.88 Å². The van der Waals surface area contributed by atoms with Gasteiger partial charge in [0.15, 0.2) is 0 Å². The number of aromatic nitrogens is 2. The van der Waals surface area contributed by atoms with Crippen LogP contribution in [-0.2, 0) is 6.42 Å². The van der Waals surface area contributed by atoms with Gasteiger partial charge in [0.1, 0.15) is 17.5 Å². The number of rotatable bonds is 6. The van der Waals surface area contributed by atoms with E-state index in [1.807, 2.05) is 18.2 Å². The Morgan fingerprint density at radius 3 is 2.60 bits per heavy atom. The fourth-order valence-electron chi connectivity index (χ4n) is 1.85. The predicted octanol–water partition coefficient (Wildman–Crippen LogP) is 4.36. The van der Waals surface area contributed by atoms with Crippen LogP contribution in [0.2, 0.25) is 4.34 Å². The van der Waals surface area contributed by atoms with Crippen molar-refractivity contribution in [1.29, 1.82) is 0 Å². The van der Waals surface area contributed by atoms with Gasteiger partial charge in [0, 0.05) is 23.9 Å². The summed E-state index contributed by atoms with van der Waals surface area (Å²) < 4.78 is 0.805. The molecule has 0 aliphatic carbocycles. The molecule has 0 bridgehead atoms. The van der Waals surface area contributed by atoms with Crippen LogP contribution < -0.4 is 10.6 Å². The van der Waals surface area contributed by atoms with Crippen LogP contribution >= 0.6 is 22.9 Å². The maximum absolute atomic E-state index is 5.98. The maximum atomic E-state index is 5.98. The normalized spacial score (nSPS) is 12.2. The Balaban J connectivity index is 2.17. The monoisotopic (exact) mass is 310 g/mol. The lowest BCUT2D eigenvalue weighted by atomic mass is 10.2. The molecule has 0 aliphatic heterocycles. The molecule has 0 aliphatic rings. The summed E-state index contributed by atoms with van der Waals surface area (Å²) in [5, 5.41) is 6.64. The largest absolute Gasteiger partial charge is 0.370 e. The highest BCUT2D eigenvalue weighted by molar-refractivity contribution is 7.16. The van der Waals surface area contributed by atoms with Crippen molar-refractivity contribution < 1.29 is 0 Å². The quantitative estimate of drug-likeness (QED) is 0.832. The van der Waals surface area contributed by atoms with Gasteiger partial charge in [-0.15, -0.1) is 11.3 Å². The van der Waals surface area contributed by atoms with Crippen LogP contribution in [0.15, 0.2) is 18.2 Å². The van der Waals surface area contributed by atoms with Gasteiger partial charge in [0.25, 0.3) is 0 Å². The van der Waals surface area contributed by atoms with Gasteiger partial charge < -0.3 is 10.6 Å². The molecule has 1 unspecified atom stereocenters. The number of hydrogen-bond donors (Lipinski definition) is 2. The summed E-state index contributed by atoms with van der Waals surface area (Å²) in [6.07, 6.45) is 0.813. The highest BCUT2D eigenvalue weighted by Crippen LogP contribution is 2.28. The molecule has 0 amide bonds. The van der Waals surface area contributed by atoms with Gasteiger partial charge in [-0.3, -0.25) is 0 Å². The summed E-state index contributed by atoms with van der Waals surface area (Å²) >= 11 is 7.56. The Kier molecular flexibility index (Phi) is 5.20. The zero-order chi connectivity index (χ0) is 14.5. The minimum absolute atomic E-state index is 0.168. The summed E-state index contributed by atoms with van der Waals surface area (Å²) in [7, 11) is 0. The lowest BCUT2D eigenvalue weighted by Gasteiger charge is -2.14. The van der Waals surface area contributed by atoms with E-state index in [1.54, 1.807) is 11.3 Å². The molecule has 1 atom stereocenters. The van der Waals surface area contributed by atoms with Crippen LogP contribution in [0.3, 0.4) is 0 Å². The third kappa shape index (κ3) is 3.84. The van der Waals surface area contributed by atoms with Crippen molar-refractivity contribution in [2.45, 2.75) is 33.2 Å². The van der Waals surface area contributed by atoms with Crippen molar-refractivity contribution in [1.82, 2.24) is 9.97 Å². The molecular formula is C14H19ClN4S. The molecule has 0 radical (unpaired) electrons. The molecule has 2 aromatic heterocycles. The summed E-state index contributed by atoms with van der Waals surface area (Å²) in [5.74, 6) is 2.53. The Labute approximate surface area is 128 Å². The van der Waals surface area contributed by atoms with Crippen LogP contribution in [0.1, 0.15) is 37.5 Å². The van der Waals surface area contributed by atoms with Gasteiger partial charge >= 0.3 is 0 Å². The molecule has 2 aromatic rings. The number of aryl methyl sites for hydroxylation is 1. The van der Waals surface area contributed by atoms with Gasteiger partial charge in [0.2, 0.25) is 0 Å². The molecule has 2 N–H and O–H groups in total. The number of thiophene rings is 1. The van der Waals surface area contributed by atoms with Crippen LogP contribution in [0.4, 0.5) is 11.6 Å². The van der Waals surface area contributed by atoms with Crippen molar-refractivity contribution in [2.75, 3.05) is 17.2 Å². The van der Waals surface area contributed by atoms with Crippen molar-refractivity contribution in [2.24, 2.45) is 0 Å².